The van der Waals surface area contributed by atoms with Gasteiger partial charge in [-0.25, -0.2) is 0 Å². The van der Waals surface area contributed by atoms with Gasteiger partial charge in [-0.1, -0.05) is 32.0 Å². The number of rotatable bonds is 6. The summed E-state index contributed by atoms with van der Waals surface area (Å²) >= 11 is 0. The van der Waals surface area contributed by atoms with Crippen molar-refractivity contribution in [2.45, 2.75) is 43.7 Å². The molecule has 208 valence electrons. The van der Waals surface area contributed by atoms with Crippen molar-refractivity contribution < 1.29 is 19.1 Å². The van der Waals surface area contributed by atoms with Crippen LogP contribution in [0.25, 0.3) is 10.9 Å². The number of ether oxygens (including phenoxy) is 1. The van der Waals surface area contributed by atoms with Crippen LogP contribution in [0.5, 0.6) is 5.75 Å². The molecule has 4 atom stereocenters. The molecule has 3 amide bonds. The van der Waals surface area contributed by atoms with E-state index in [1.165, 1.54) is 18.2 Å². The maximum absolute atomic E-state index is 14.4. The predicted octanol–water partition coefficient (Wildman–Crippen LogP) is 2.59. The van der Waals surface area contributed by atoms with Gasteiger partial charge in [0.25, 0.3) is 5.91 Å². The molecule has 1 saturated heterocycles. The van der Waals surface area contributed by atoms with Crippen LogP contribution in [0.15, 0.2) is 42.5 Å². The number of nitriles is 1. The van der Waals surface area contributed by atoms with Gasteiger partial charge in [0.05, 0.1) is 29.7 Å². The lowest BCUT2D eigenvalue weighted by Crippen LogP contribution is -2.54. The van der Waals surface area contributed by atoms with Crippen molar-refractivity contribution in [2.75, 3.05) is 19.0 Å². The molecule has 0 radical (unpaired) electrons. The van der Waals surface area contributed by atoms with Gasteiger partial charge in [0.1, 0.15) is 23.0 Å². The Labute approximate surface area is 235 Å². The number of hydrogen-bond acceptors (Lipinski definition) is 6. The molecule has 3 aliphatic rings. The van der Waals surface area contributed by atoms with Gasteiger partial charge in [0.15, 0.2) is 4.91 Å². The zero-order chi connectivity index (χ0) is 29.1. The average Bonchev–Trinajstić information content (AvgIpc) is 3.23. The van der Waals surface area contributed by atoms with Gasteiger partial charge in [-0.2, -0.15) is 5.26 Å². The van der Waals surface area contributed by atoms with Crippen molar-refractivity contribution in [3.8, 4) is 11.8 Å². The fourth-order valence-electron chi connectivity index (χ4n) is 6.72. The average molecular weight is 554 g/mol. The first kappa shape index (κ1) is 26.3. The van der Waals surface area contributed by atoms with E-state index in [9.17, 15) is 24.6 Å². The normalized spacial score (nSPS) is 25.9. The minimum Gasteiger partial charge on any atom is -0.496 e. The largest absolute Gasteiger partial charge is 0.496 e. The number of likely N-dealkylation sites (tertiary alicyclic amines) is 1. The Morgan fingerprint density at radius 2 is 2.02 bits per heavy atom. The third kappa shape index (κ3) is 3.90. The van der Waals surface area contributed by atoms with Crippen LogP contribution >= 0.6 is 0 Å². The summed E-state index contributed by atoms with van der Waals surface area (Å²) < 4.78 is 5.41. The lowest BCUT2D eigenvalue weighted by molar-refractivity contribution is -0.135. The van der Waals surface area contributed by atoms with E-state index in [4.69, 9.17) is 4.74 Å². The highest BCUT2D eigenvalue weighted by Gasteiger charge is 2.67. The minimum atomic E-state index is -1.21. The van der Waals surface area contributed by atoms with Crippen molar-refractivity contribution in [1.82, 2.24) is 20.1 Å². The van der Waals surface area contributed by atoms with E-state index in [0.29, 0.717) is 34.3 Å². The molecule has 2 aliphatic heterocycles. The number of fused-ring (bicyclic) bond motifs is 3. The third-order valence-corrected chi connectivity index (χ3v) is 8.85. The summed E-state index contributed by atoms with van der Waals surface area (Å²) in [6.07, 6.45) is 1.80. The number of methoxy groups -OCH3 is 1. The fourth-order valence-corrected chi connectivity index (χ4v) is 6.72. The van der Waals surface area contributed by atoms with E-state index < -0.39 is 22.9 Å². The Morgan fingerprint density at radius 3 is 2.71 bits per heavy atom. The summed E-state index contributed by atoms with van der Waals surface area (Å²) in [4.78, 5) is 60.2. The van der Waals surface area contributed by atoms with Gasteiger partial charge in [0.2, 0.25) is 16.7 Å². The van der Waals surface area contributed by atoms with Gasteiger partial charge in [-0.15, -0.1) is 0 Å². The van der Waals surface area contributed by atoms with E-state index in [0.717, 1.165) is 5.56 Å². The molecular formula is C30H29N6O5+. The monoisotopic (exact) mass is 553 g/mol. The minimum absolute atomic E-state index is 0.0638. The fraction of sp³-hybridized carbons (Fsp3) is 0.367. The molecule has 2 unspecified atom stereocenters. The van der Waals surface area contributed by atoms with Crippen LogP contribution in [0, 0.1) is 28.1 Å². The van der Waals surface area contributed by atoms with Crippen molar-refractivity contribution >= 4 is 40.5 Å². The number of carbonyl (C=O) groups excluding carboxylic acids is 3. The number of benzene rings is 2. The number of aromatic amines is 1. The second kappa shape index (κ2) is 9.32. The number of anilines is 1. The van der Waals surface area contributed by atoms with Crippen molar-refractivity contribution in [1.29, 1.82) is 5.26 Å². The Hall–Kier alpha value is -4.94. The van der Waals surface area contributed by atoms with E-state index in [1.807, 2.05) is 38.1 Å². The summed E-state index contributed by atoms with van der Waals surface area (Å²) in [5.74, 6) is -0.664. The van der Waals surface area contributed by atoms with E-state index in [2.05, 4.69) is 26.5 Å². The second-order valence-electron chi connectivity index (χ2n) is 11.5. The molecule has 1 aliphatic carbocycles. The number of carbonyl (C=O) groups is 3. The second-order valence-corrected chi connectivity index (χ2v) is 11.5. The molecule has 2 fully saturated rings. The topological polar surface area (TPSA) is 158 Å². The third-order valence-electron chi connectivity index (χ3n) is 8.85. The standard InChI is InChI=1S/C30H28N6O5/c1-16(2)21-12-30(21,35-26(37)24-10-19-23(33-24)8-17(13-31)9-25(19)41-3)28(39)36-15-29(11-18(36)14-32-40)20-6-4-5-7-22(20)34-27(29)38/h4-10,14,16,18,21H,11-12,15H2,1-3H3,(H2-,33,34,35,37,38)/p+1/t18-,21?,29-,30?/m0/s1. The molecule has 1 saturated carbocycles. The van der Waals surface area contributed by atoms with Crippen LogP contribution < -0.4 is 20.2 Å². The molecule has 3 aromatic rings. The maximum atomic E-state index is 14.4. The summed E-state index contributed by atoms with van der Waals surface area (Å²) in [6.45, 7) is 4.05. The number of nitroso groups, excluding NO2 is 1. The van der Waals surface area contributed by atoms with Gasteiger partial charge < -0.3 is 25.3 Å². The number of nitrogens with one attached hydrogen (secondary N) is 3. The highest BCUT2D eigenvalue weighted by Crippen LogP contribution is 2.53. The van der Waals surface area contributed by atoms with Crippen LogP contribution in [-0.4, -0.2) is 59.1 Å². The van der Waals surface area contributed by atoms with Crippen LogP contribution in [-0.2, 0) is 15.0 Å². The van der Waals surface area contributed by atoms with Crippen molar-refractivity contribution in [2.24, 2.45) is 11.8 Å². The zero-order valence-electron chi connectivity index (χ0n) is 22.9. The lowest BCUT2D eigenvalue weighted by Gasteiger charge is -2.28. The van der Waals surface area contributed by atoms with Crippen molar-refractivity contribution in [3.63, 3.8) is 0 Å². The van der Waals surface area contributed by atoms with Gasteiger partial charge in [-0.3, -0.25) is 14.4 Å². The molecule has 3 heterocycles. The van der Waals surface area contributed by atoms with Crippen LogP contribution in [0.1, 0.15) is 48.3 Å². The number of amides is 3. The first-order valence-electron chi connectivity index (χ1n) is 13.5. The molecule has 1 aromatic heterocycles. The first-order chi connectivity index (χ1) is 19.7. The summed E-state index contributed by atoms with van der Waals surface area (Å²) in [6, 6.07) is 13.6. The number of hydrogen-bond donors (Lipinski definition) is 3. The SMILES string of the molecule is COc1cc(C#N)cc2[nH]c(C(=O)NC3(C(=O)N4C[C@]5(C[C@H]4C=[N+]=O)C(=O)Nc4ccccc45)CC3C(C)C)cc12. The molecule has 1 spiro atoms. The van der Waals surface area contributed by atoms with E-state index in [1.54, 1.807) is 18.2 Å². The Balaban J connectivity index is 1.34. The molecule has 6 rings (SSSR count). The summed E-state index contributed by atoms with van der Waals surface area (Å²) in [5.41, 5.74) is 0.396. The Bertz CT molecular complexity index is 1720. The molecule has 11 heteroatoms. The summed E-state index contributed by atoms with van der Waals surface area (Å²) in [5, 5.41) is 15.9. The molecule has 2 aromatic carbocycles. The number of nitrogens with zero attached hydrogens (tertiary/aromatic N) is 3. The highest BCUT2D eigenvalue weighted by molar-refractivity contribution is 6.09. The summed E-state index contributed by atoms with van der Waals surface area (Å²) in [7, 11) is 1.49. The maximum Gasteiger partial charge on any atom is 0.360 e. The van der Waals surface area contributed by atoms with Gasteiger partial charge >= 0.3 is 6.21 Å². The zero-order valence-corrected chi connectivity index (χ0v) is 22.9. The Morgan fingerprint density at radius 1 is 1.24 bits per heavy atom. The quantitative estimate of drug-likeness (QED) is 0.314. The number of para-hydroxylation sites is 1. The molecule has 3 N–H and O–H groups in total. The lowest BCUT2D eigenvalue weighted by atomic mass is 9.80. The number of aromatic nitrogens is 1. The number of H-pyrrole nitrogens is 1. The van der Waals surface area contributed by atoms with Gasteiger partial charge in [0, 0.05) is 17.6 Å². The molecule has 11 nitrogen and oxygen atoms in total. The first-order valence-corrected chi connectivity index (χ1v) is 13.5. The Kier molecular flexibility index (Phi) is 5.98. The van der Waals surface area contributed by atoms with Crippen LogP contribution in [0.2, 0.25) is 0 Å². The van der Waals surface area contributed by atoms with Gasteiger partial charge in [-0.05, 0) is 54.5 Å². The highest BCUT2D eigenvalue weighted by atomic mass is 16.5. The van der Waals surface area contributed by atoms with Crippen LogP contribution in [0.4, 0.5) is 5.69 Å². The van der Waals surface area contributed by atoms with Crippen molar-refractivity contribution in [3.05, 3.63) is 64.2 Å². The molecule has 41 heavy (non-hydrogen) atoms. The predicted molar refractivity (Wildman–Crippen MR) is 151 cm³/mol. The van der Waals surface area contributed by atoms with Crippen LogP contribution in [0.3, 0.4) is 0 Å². The van der Waals surface area contributed by atoms with E-state index in [-0.39, 0.29) is 42.3 Å². The molecule has 0 bridgehead atoms. The molecular weight excluding hydrogens is 524 g/mol. The van der Waals surface area contributed by atoms with E-state index >= 15 is 0 Å². The smallest absolute Gasteiger partial charge is 0.360 e.